The summed E-state index contributed by atoms with van der Waals surface area (Å²) in [5.41, 5.74) is 1.61. The van der Waals surface area contributed by atoms with Crippen molar-refractivity contribution >= 4 is 23.2 Å². The van der Waals surface area contributed by atoms with Crippen LogP contribution in [0.3, 0.4) is 0 Å². The Labute approximate surface area is 149 Å². The molecule has 0 aliphatic heterocycles. The fraction of sp³-hybridized carbons (Fsp3) is 0.167. The number of nitrogens with zero attached hydrogens (tertiary/aromatic N) is 2. The van der Waals surface area contributed by atoms with E-state index in [-0.39, 0.29) is 18.4 Å². The van der Waals surface area contributed by atoms with E-state index in [2.05, 4.69) is 15.7 Å². The standard InChI is InChI=1S/C18H18N4O4/c1-12-16(7-8-26-12)18(24)21-14-9-19-22(10-14)11-17(23)20-13-3-5-15(25-2)6-4-13/h3-10H,11H2,1-2H3,(H,20,23)(H,21,24). The Kier molecular flexibility index (Phi) is 5.02. The number of aromatic nitrogens is 2. The highest BCUT2D eigenvalue weighted by Gasteiger charge is 2.13. The maximum absolute atomic E-state index is 12.1. The quantitative estimate of drug-likeness (QED) is 0.709. The minimum absolute atomic E-state index is 0.0205. The van der Waals surface area contributed by atoms with Gasteiger partial charge in [-0.1, -0.05) is 0 Å². The highest BCUT2D eigenvalue weighted by molar-refractivity contribution is 6.04. The van der Waals surface area contributed by atoms with E-state index in [0.717, 1.165) is 0 Å². The van der Waals surface area contributed by atoms with E-state index >= 15 is 0 Å². The molecule has 2 aromatic heterocycles. The van der Waals surface area contributed by atoms with Gasteiger partial charge in [-0.3, -0.25) is 14.3 Å². The maximum atomic E-state index is 12.1. The molecule has 3 rings (SSSR count). The number of amides is 2. The van der Waals surface area contributed by atoms with Crippen LogP contribution in [0.1, 0.15) is 16.1 Å². The Morgan fingerprint density at radius 1 is 1.15 bits per heavy atom. The number of aryl methyl sites for hydroxylation is 1. The van der Waals surface area contributed by atoms with Gasteiger partial charge in [0.15, 0.2) is 0 Å². The normalized spacial score (nSPS) is 10.4. The second-order valence-corrected chi connectivity index (χ2v) is 5.55. The third-order valence-corrected chi connectivity index (χ3v) is 3.67. The van der Waals surface area contributed by atoms with Gasteiger partial charge >= 0.3 is 0 Å². The lowest BCUT2D eigenvalue weighted by Crippen LogP contribution is -2.19. The van der Waals surface area contributed by atoms with Crippen molar-refractivity contribution in [3.05, 3.63) is 60.3 Å². The molecule has 3 aromatic rings. The number of nitrogens with one attached hydrogen (secondary N) is 2. The topological polar surface area (TPSA) is 98.4 Å². The Hall–Kier alpha value is -3.55. The third kappa shape index (κ3) is 4.10. The minimum Gasteiger partial charge on any atom is -0.497 e. The van der Waals surface area contributed by atoms with E-state index in [9.17, 15) is 9.59 Å². The molecule has 1 aromatic carbocycles. The number of rotatable bonds is 6. The predicted molar refractivity (Wildman–Crippen MR) is 95.2 cm³/mol. The zero-order chi connectivity index (χ0) is 18.5. The monoisotopic (exact) mass is 354 g/mol. The van der Waals surface area contributed by atoms with Gasteiger partial charge in [0.1, 0.15) is 18.1 Å². The molecule has 0 radical (unpaired) electrons. The molecular formula is C18H18N4O4. The average molecular weight is 354 g/mol. The Morgan fingerprint density at radius 3 is 2.58 bits per heavy atom. The summed E-state index contributed by atoms with van der Waals surface area (Å²) >= 11 is 0. The first-order valence-corrected chi connectivity index (χ1v) is 7.87. The van der Waals surface area contributed by atoms with Crippen LogP contribution in [0.2, 0.25) is 0 Å². The van der Waals surface area contributed by atoms with Gasteiger partial charge in [-0.2, -0.15) is 5.10 Å². The van der Waals surface area contributed by atoms with E-state index in [1.54, 1.807) is 50.6 Å². The molecule has 2 N–H and O–H groups in total. The van der Waals surface area contributed by atoms with Gasteiger partial charge in [0.2, 0.25) is 5.91 Å². The molecule has 0 unspecified atom stereocenters. The lowest BCUT2D eigenvalue weighted by Gasteiger charge is -2.06. The van der Waals surface area contributed by atoms with Crippen molar-refractivity contribution in [3.8, 4) is 5.75 Å². The summed E-state index contributed by atoms with van der Waals surface area (Å²) in [6.07, 6.45) is 4.52. The Balaban J connectivity index is 1.56. The lowest BCUT2D eigenvalue weighted by atomic mass is 10.2. The SMILES string of the molecule is COc1ccc(NC(=O)Cn2cc(NC(=O)c3ccoc3C)cn2)cc1. The highest BCUT2D eigenvalue weighted by Crippen LogP contribution is 2.15. The summed E-state index contributed by atoms with van der Waals surface area (Å²) < 4.78 is 11.6. The zero-order valence-corrected chi connectivity index (χ0v) is 14.4. The maximum Gasteiger partial charge on any atom is 0.259 e. The Bertz CT molecular complexity index is 911. The molecule has 8 heteroatoms. The zero-order valence-electron chi connectivity index (χ0n) is 14.4. The van der Waals surface area contributed by atoms with Crippen LogP contribution in [0.25, 0.3) is 0 Å². The molecule has 0 atom stereocenters. The number of carbonyl (C=O) groups is 2. The van der Waals surface area contributed by atoms with Gasteiger partial charge in [0, 0.05) is 11.9 Å². The molecule has 8 nitrogen and oxygen atoms in total. The van der Waals surface area contributed by atoms with Gasteiger partial charge in [0.25, 0.3) is 5.91 Å². The first-order valence-electron chi connectivity index (χ1n) is 7.87. The highest BCUT2D eigenvalue weighted by atomic mass is 16.5. The van der Waals surface area contributed by atoms with Gasteiger partial charge < -0.3 is 19.8 Å². The molecule has 0 saturated carbocycles. The van der Waals surface area contributed by atoms with E-state index in [4.69, 9.17) is 9.15 Å². The molecule has 2 heterocycles. The van der Waals surface area contributed by atoms with Crippen LogP contribution in [0.5, 0.6) is 5.75 Å². The van der Waals surface area contributed by atoms with Crippen LogP contribution in [-0.4, -0.2) is 28.7 Å². The van der Waals surface area contributed by atoms with Crippen LogP contribution in [0.15, 0.2) is 53.4 Å². The molecule has 26 heavy (non-hydrogen) atoms. The van der Waals surface area contributed by atoms with Crippen molar-refractivity contribution in [2.75, 3.05) is 17.7 Å². The van der Waals surface area contributed by atoms with Gasteiger partial charge in [-0.15, -0.1) is 0 Å². The fourth-order valence-electron chi connectivity index (χ4n) is 2.36. The molecular weight excluding hydrogens is 336 g/mol. The summed E-state index contributed by atoms with van der Waals surface area (Å²) in [7, 11) is 1.58. The van der Waals surface area contributed by atoms with Gasteiger partial charge in [0.05, 0.1) is 30.8 Å². The van der Waals surface area contributed by atoms with E-state index < -0.39 is 0 Å². The molecule has 134 valence electrons. The number of hydrogen-bond acceptors (Lipinski definition) is 5. The van der Waals surface area contributed by atoms with Gasteiger partial charge in [-0.25, -0.2) is 0 Å². The average Bonchev–Trinajstić information content (AvgIpc) is 3.24. The number of hydrogen-bond donors (Lipinski definition) is 2. The first kappa shape index (κ1) is 17.3. The summed E-state index contributed by atoms with van der Waals surface area (Å²) in [6, 6.07) is 8.61. The van der Waals surface area contributed by atoms with Crippen molar-refractivity contribution in [2.45, 2.75) is 13.5 Å². The number of carbonyl (C=O) groups excluding carboxylic acids is 2. The lowest BCUT2D eigenvalue weighted by molar-refractivity contribution is -0.116. The van der Waals surface area contributed by atoms with Crippen LogP contribution in [0.4, 0.5) is 11.4 Å². The Morgan fingerprint density at radius 2 is 1.92 bits per heavy atom. The first-order chi connectivity index (χ1) is 12.5. The predicted octanol–water partition coefficient (Wildman–Crippen LogP) is 2.68. The summed E-state index contributed by atoms with van der Waals surface area (Å²) in [5, 5.41) is 9.56. The second-order valence-electron chi connectivity index (χ2n) is 5.55. The van der Waals surface area contributed by atoms with E-state index in [1.807, 2.05) is 0 Å². The van der Waals surface area contributed by atoms with E-state index in [0.29, 0.717) is 28.4 Å². The summed E-state index contributed by atoms with van der Waals surface area (Å²) in [5.74, 6) is 0.720. The number of ether oxygens (including phenoxy) is 1. The van der Waals surface area contributed by atoms with Crippen LogP contribution >= 0.6 is 0 Å². The smallest absolute Gasteiger partial charge is 0.259 e. The molecule has 0 fully saturated rings. The van der Waals surface area contributed by atoms with Crippen LogP contribution in [0, 0.1) is 6.92 Å². The molecule has 2 amide bonds. The molecule has 0 spiro atoms. The van der Waals surface area contributed by atoms with Crippen molar-refractivity contribution in [2.24, 2.45) is 0 Å². The van der Waals surface area contributed by atoms with E-state index in [1.165, 1.54) is 17.1 Å². The fourth-order valence-corrected chi connectivity index (χ4v) is 2.36. The summed E-state index contributed by atoms with van der Waals surface area (Å²) in [6.45, 7) is 1.73. The summed E-state index contributed by atoms with van der Waals surface area (Å²) in [4.78, 5) is 24.2. The second kappa shape index (κ2) is 7.56. The van der Waals surface area contributed by atoms with Crippen molar-refractivity contribution in [3.63, 3.8) is 0 Å². The molecule has 0 aliphatic carbocycles. The largest absolute Gasteiger partial charge is 0.497 e. The van der Waals surface area contributed by atoms with Gasteiger partial charge in [-0.05, 0) is 37.3 Å². The third-order valence-electron chi connectivity index (χ3n) is 3.67. The van der Waals surface area contributed by atoms with Crippen molar-refractivity contribution < 1.29 is 18.7 Å². The number of methoxy groups -OCH3 is 1. The van der Waals surface area contributed by atoms with Crippen LogP contribution in [-0.2, 0) is 11.3 Å². The molecule has 0 saturated heterocycles. The van der Waals surface area contributed by atoms with Crippen molar-refractivity contribution in [1.82, 2.24) is 9.78 Å². The molecule has 0 bridgehead atoms. The number of furan rings is 1. The molecule has 0 aliphatic rings. The van der Waals surface area contributed by atoms with Crippen molar-refractivity contribution in [1.29, 1.82) is 0 Å². The number of anilines is 2. The van der Waals surface area contributed by atoms with Crippen LogP contribution < -0.4 is 15.4 Å². The minimum atomic E-state index is -0.293. The number of benzene rings is 1.